The number of aromatic nitrogens is 3. The molecule has 1 amide bonds. The first-order chi connectivity index (χ1) is 12.6. The number of pyridine rings is 1. The van der Waals surface area contributed by atoms with E-state index in [2.05, 4.69) is 15.4 Å². The van der Waals surface area contributed by atoms with Crippen LogP contribution in [0.4, 0.5) is 0 Å². The third kappa shape index (κ3) is 4.11. The van der Waals surface area contributed by atoms with Gasteiger partial charge in [0.15, 0.2) is 0 Å². The van der Waals surface area contributed by atoms with Crippen LogP contribution in [0, 0.1) is 0 Å². The maximum absolute atomic E-state index is 12.7. The topological polar surface area (TPSA) is 59.8 Å². The molecule has 0 saturated heterocycles. The van der Waals surface area contributed by atoms with Crippen molar-refractivity contribution in [1.82, 2.24) is 20.1 Å². The summed E-state index contributed by atoms with van der Waals surface area (Å²) in [5.74, 6) is 0.0152. The zero-order chi connectivity index (χ0) is 18.5. The van der Waals surface area contributed by atoms with E-state index in [4.69, 9.17) is 11.6 Å². The number of nitrogens with one attached hydrogen (secondary N) is 1. The summed E-state index contributed by atoms with van der Waals surface area (Å²) in [4.78, 5) is 16.8. The zero-order valence-electron chi connectivity index (χ0n) is 14.8. The fraction of sp³-hybridized carbons (Fsp3) is 0.250. The molecule has 134 valence electrons. The van der Waals surface area contributed by atoms with Crippen molar-refractivity contribution in [3.05, 3.63) is 76.8 Å². The number of rotatable bonds is 6. The van der Waals surface area contributed by atoms with Gasteiger partial charge in [0.1, 0.15) is 0 Å². The molecule has 0 bridgehead atoms. The Morgan fingerprint density at radius 3 is 2.77 bits per heavy atom. The summed E-state index contributed by atoms with van der Waals surface area (Å²) in [7, 11) is 0. The van der Waals surface area contributed by atoms with Gasteiger partial charge >= 0.3 is 0 Å². The van der Waals surface area contributed by atoms with Crippen LogP contribution in [0.15, 0.2) is 55.0 Å². The average molecular weight is 369 g/mol. The Kier molecular flexibility index (Phi) is 5.68. The van der Waals surface area contributed by atoms with Gasteiger partial charge in [-0.25, -0.2) is 4.68 Å². The summed E-state index contributed by atoms with van der Waals surface area (Å²) in [6, 6.07) is 11.3. The second kappa shape index (κ2) is 8.15. The first-order valence-electron chi connectivity index (χ1n) is 8.57. The molecule has 0 unspecified atom stereocenters. The fourth-order valence-electron chi connectivity index (χ4n) is 2.86. The van der Waals surface area contributed by atoms with Crippen molar-refractivity contribution in [3.63, 3.8) is 0 Å². The minimum atomic E-state index is -0.120. The summed E-state index contributed by atoms with van der Waals surface area (Å²) in [5.41, 5.74) is 3.39. The molecular formula is C20H21ClN4O. The van der Waals surface area contributed by atoms with Crippen LogP contribution in [0.5, 0.6) is 0 Å². The summed E-state index contributed by atoms with van der Waals surface area (Å²) < 4.78 is 1.78. The van der Waals surface area contributed by atoms with E-state index in [0.29, 0.717) is 17.1 Å². The van der Waals surface area contributed by atoms with E-state index in [-0.39, 0.29) is 11.8 Å². The van der Waals surface area contributed by atoms with Gasteiger partial charge in [0, 0.05) is 24.0 Å². The molecule has 1 N–H and O–H groups in total. The summed E-state index contributed by atoms with van der Waals surface area (Å²) in [6.07, 6.45) is 5.90. The van der Waals surface area contributed by atoms with Crippen molar-refractivity contribution in [3.8, 4) is 5.69 Å². The SMILES string of the molecule is CC(C)c1c(C(=O)NCCc2cccnc2)cnn1-c1cccc(Cl)c1. The highest BCUT2D eigenvalue weighted by molar-refractivity contribution is 6.30. The molecule has 0 aliphatic carbocycles. The average Bonchev–Trinajstić information content (AvgIpc) is 3.08. The number of carbonyl (C=O) groups is 1. The lowest BCUT2D eigenvalue weighted by molar-refractivity contribution is 0.0952. The predicted octanol–water partition coefficient (Wildman–Crippen LogP) is 4.02. The van der Waals surface area contributed by atoms with E-state index in [1.807, 2.05) is 56.4 Å². The molecule has 2 heterocycles. The minimum absolute atomic E-state index is 0.120. The summed E-state index contributed by atoms with van der Waals surface area (Å²) in [6.45, 7) is 4.64. The van der Waals surface area contributed by atoms with Gasteiger partial charge < -0.3 is 5.32 Å². The van der Waals surface area contributed by atoms with Gasteiger partial charge in [-0.2, -0.15) is 5.10 Å². The van der Waals surface area contributed by atoms with Crippen LogP contribution in [0.25, 0.3) is 5.69 Å². The second-order valence-electron chi connectivity index (χ2n) is 6.36. The molecule has 1 aromatic carbocycles. The molecule has 0 aliphatic rings. The number of amides is 1. The maximum Gasteiger partial charge on any atom is 0.254 e. The largest absolute Gasteiger partial charge is 0.352 e. The highest BCUT2D eigenvalue weighted by Crippen LogP contribution is 2.24. The number of carbonyl (C=O) groups excluding carboxylic acids is 1. The minimum Gasteiger partial charge on any atom is -0.352 e. The van der Waals surface area contributed by atoms with Crippen LogP contribution in [0.3, 0.4) is 0 Å². The van der Waals surface area contributed by atoms with Crippen LogP contribution in [-0.2, 0) is 6.42 Å². The highest BCUT2D eigenvalue weighted by Gasteiger charge is 2.20. The molecule has 0 atom stereocenters. The molecule has 0 spiro atoms. The number of hydrogen-bond donors (Lipinski definition) is 1. The van der Waals surface area contributed by atoms with E-state index < -0.39 is 0 Å². The zero-order valence-corrected chi connectivity index (χ0v) is 15.6. The number of halogens is 1. The lowest BCUT2D eigenvalue weighted by atomic mass is 10.0. The van der Waals surface area contributed by atoms with E-state index in [1.54, 1.807) is 17.1 Å². The Bertz CT molecular complexity index is 890. The van der Waals surface area contributed by atoms with Crippen molar-refractivity contribution >= 4 is 17.5 Å². The van der Waals surface area contributed by atoms with Crippen molar-refractivity contribution < 1.29 is 4.79 Å². The molecule has 3 aromatic rings. The van der Waals surface area contributed by atoms with Crippen LogP contribution in [-0.4, -0.2) is 27.2 Å². The van der Waals surface area contributed by atoms with E-state index in [0.717, 1.165) is 23.4 Å². The number of benzene rings is 1. The molecule has 3 rings (SSSR count). The Morgan fingerprint density at radius 1 is 1.23 bits per heavy atom. The Morgan fingerprint density at radius 2 is 2.08 bits per heavy atom. The molecule has 5 nitrogen and oxygen atoms in total. The second-order valence-corrected chi connectivity index (χ2v) is 6.79. The summed E-state index contributed by atoms with van der Waals surface area (Å²) in [5, 5.41) is 8.03. The van der Waals surface area contributed by atoms with Gasteiger partial charge in [0.25, 0.3) is 5.91 Å². The lowest BCUT2D eigenvalue weighted by Gasteiger charge is -2.13. The van der Waals surface area contributed by atoms with Crippen LogP contribution in [0.1, 0.15) is 41.4 Å². The molecule has 0 fully saturated rings. The normalized spacial score (nSPS) is 10.9. The standard InChI is InChI=1S/C20H21ClN4O/c1-14(2)19-18(13-24-25(19)17-7-3-6-16(21)11-17)20(26)23-10-8-15-5-4-9-22-12-15/h3-7,9,11-14H,8,10H2,1-2H3,(H,23,26). The van der Waals surface area contributed by atoms with Gasteiger partial charge in [-0.1, -0.05) is 37.6 Å². The maximum atomic E-state index is 12.7. The van der Waals surface area contributed by atoms with Crippen LogP contribution < -0.4 is 5.32 Å². The molecule has 0 aliphatic heterocycles. The predicted molar refractivity (Wildman–Crippen MR) is 103 cm³/mol. The fourth-order valence-corrected chi connectivity index (χ4v) is 3.05. The molecule has 0 saturated carbocycles. The van der Waals surface area contributed by atoms with Crippen LogP contribution >= 0.6 is 11.6 Å². The van der Waals surface area contributed by atoms with E-state index in [9.17, 15) is 4.79 Å². The number of nitrogens with zero attached hydrogens (tertiary/aromatic N) is 3. The molecule has 6 heteroatoms. The first kappa shape index (κ1) is 18.1. The smallest absolute Gasteiger partial charge is 0.254 e. The Balaban J connectivity index is 1.78. The highest BCUT2D eigenvalue weighted by atomic mass is 35.5. The molecular weight excluding hydrogens is 348 g/mol. The van der Waals surface area contributed by atoms with Gasteiger partial charge in [-0.3, -0.25) is 9.78 Å². The van der Waals surface area contributed by atoms with Crippen molar-refractivity contribution in [2.24, 2.45) is 0 Å². The van der Waals surface area contributed by atoms with Gasteiger partial charge in [-0.05, 0) is 42.2 Å². The van der Waals surface area contributed by atoms with Crippen molar-refractivity contribution in [2.75, 3.05) is 6.54 Å². The lowest BCUT2D eigenvalue weighted by Crippen LogP contribution is -2.26. The van der Waals surface area contributed by atoms with Gasteiger partial charge in [-0.15, -0.1) is 0 Å². The van der Waals surface area contributed by atoms with Gasteiger partial charge in [0.05, 0.1) is 23.1 Å². The molecule has 2 aromatic heterocycles. The van der Waals surface area contributed by atoms with Crippen molar-refractivity contribution in [1.29, 1.82) is 0 Å². The van der Waals surface area contributed by atoms with E-state index in [1.165, 1.54) is 0 Å². The quantitative estimate of drug-likeness (QED) is 0.715. The Hall–Kier alpha value is -2.66. The van der Waals surface area contributed by atoms with Gasteiger partial charge in [0.2, 0.25) is 0 Å². The van der Waals surface area contributed by atoms with Crippen LogP contribution in [0.2, 0.25) is 5.02 Å². The third-order valence-electron chi connectivity index (χ3n) is 4.07. The monoisotopic (exact) mass is 368 g/mol. The molecule has 0 radical (unpaired) electrons. The number of hydrogen-bond acceptors (Lipinski definition) is 3. The van der Waals surface area contributed by atoms with Crippen molar-refractivity contribution in [2.45, 2.75) is 26.2 Å². The van der Waals surface area contributed by atoms with E-state index >= 15 is 0 Å². The Labute approximate surface area is 158 Å². The first-order valence-corrected chi connectivity index (χ1v) is 8.95. The molecule has 26 heavy (non-hydrogen) atoms. The summed E-state index contributed by atoms with van der Waals surface area (Å²) >= 11 is 6.10. The third-order valence-corrected chi connectivity index (χ3v) is 4.31.